The molecule has 6 nitrogen and oxygen atoms in total. The van der Waals surface area contributed by atoms with Gasteiger partial charge in [-0.3, -0.25) is 0 Å². The summed E-state index contributed by atoms with van der Waals surface area (Å²) in [5, 5.41) is 12.8. The summed E-state index contributed by atoms with van der Waals surface area (Å²) in [4.78, 5) is 3.87. The van der Waals surface area contributed by atoms with Gasteiger partial charge in [-0.1, -0.05) is 12.1 Å². The van der Waals surface area contributed by atoms with Gasteiger partial charge >= 0.3 is 0 Å². The van der Waals surface area contributed by atoms with Gasteiger partial charge < -0.3 is 9.63 Å². The first-order valence-electron chi connectivity index (χ1n) is 4.58. The minimum absolute atomic E-state index is 0.135. The third-order valence-electron chi connectivity index (χ3n) is 1.78. The molecule has 0 aromatic carbocycles. The van der Waals surface area contributed by atoms with Crippen LogP contribution in [0.2, 0.25) is 0 Å². The minimum atomic E-state index is -3.15. The van der Waals surface area contributed by atoms with Crippen LogP contribution in [0.4, 0.5) is 0 Å². The van der Waals surface area contributed by atoms with Crippen molar-refractivity contribution in [2.45, 2.75) is 31.6 Å². The molecule has 1 unspecified atom stereocenters. The van der Waals surface area contributed by atoms with Crippen LogP contribution in [0.3, 0.4) is 0 Å². The molecule has 7 heteroatoms. The van der Waals surface area contributed by atoms with Gasteiger partial charge in [0.25, 0.3) is 0 Å². The molecular weight excluding hydrogens is 220 g/mol. The Morgan fingerprint density at radius 1 is 1.53 bits per heavy atom. The van der Waals surface area contributed by atoms with Crippen LogP contribution in [-0.4, -0.2) is 36.0 Å². The van der Waals surface area contributed by atoms with Gasteiger partial charge in [0, 0.05) is 6.26 Å². The van der Waals surface area contributed by atoms with Crippen LogP contribution in [0.1, 0.15) is 25.1 Å². The summed E-state index contributed by atoms with van der Waals surface area (Å²) in [7, 11) is -3.15. The predicted octanol–water partition coefficient (Wildman–Crippen LogP) is -0.0724. The Morgan fingerprint density at radius 2 is 2.20 bits per heavy atom. The van der Waals surface area contributed by atoms with Crippen molar-refractivity contribution in [1.82, 2.24) is 10.1 Å². The number of aliphatic hydroxyl groups excluding tert-OH is 1. The molecule has 0 radical (unpaired) electrons. The smallest absolute Gasteiger partial charge is 0.229 e. The van der Waals surface area contributed by atoms with Gasteiger partial charge in [-0.25, -0.2) is 8.42 Å². The molecule has 1 aromatic rings. The van der Waals surface area contributed by atoms with Gasteiger partial charge in [0.2, 0.25) is 5.89 Å². The van der Waals surface area contributed by atoms with Gasteiger partial charge in [-0.2, -0.15) is 4.98 Å². The summed E-state index contributed by atoms with van der Waals surface area (Å²) in [6, 6.07) is 0. The third kappa shape index (κ3) is 4.39. The molecule has 86 valence electrons. The number of nitrogens with zero attached hydrogens (tertiary/aromatic N) is 2. The van der Waals surface area contributed by atoms with E-state index in [0.29, 0.717) is 6.42 Å². The van der Waals surface area contributed by atoms with Crippen molar-refractivity contribution in [3.05, 3.63) is 11.7 Å². The lowest BCUT2D eigenvalue weighted by molar-refractivity contribution is 0.158. The van der Waals surface area contributed by atoms with Crippen molar-refractivity contribution in [3.8, 4) is 0 Å². The van der Waals surface area contributed by atoms with Crippen molar-refractivity contribution in [2.75, 3.05) is 6.26 Å². The second-order valence-corrected chi connectivity index (χ2v) is 5.58. The quantitative estimate of drug-likeness (QED) is 0.766. The number of sulfone groups is 1. The van der Waals surface area contributed by atoms with Crippen molar-refractivity contribution >= 4 is 9.84 Å². The summed E-state index contributed by atoms with van der Waals surface area (Å²) in [6.07, 6.45) is 1.41. The molecule has 0 aliphatic heterocycles. The second-order valence-electron chi connectivity index (χ2n) is 3.44. The van der Waals surface area contributed by atoms with Gasteiger partial charge in [-0.05, 0) is 6.42 Å². The molecule has 15 heavy (non-hydrogen) atoms. The molecule has 0 spiro atoms. The Morgan fingerprint density at radius 3 is 2.73 bits per heavy atom. The largest absolute Gasteiger partial charge is 0.393 e. The molecule has 0 aliphatic rings. The maximum atomic E-state index is 10.9. The number of hydrogen-bond donors (Lipinski definition) is 1. The Hall–Kier alpha value is -0.950. The van der Waals surface area contributed by atoms with Crippen LogP contribution in [0.5, 0.6) is 0 Å². The monoisotopic (exact) mass is 234 g/mol. The number of hydrogen-bond acceptors (Lipinski definition) is 6. The molecule has 0 saturated heterocycles. The highest BCUT2D eigenvalue weighted by Gasteiger charge is 2.14. The van der Waals surface area contributed by atoms with E-state index in [1.54, 1.807) is 0 Å². The van der Waals surface area contributed by atoms with Gasteiger partial charge in [-0.15, -0.1) is 0 Å². The fraction of sp³-hybridized carbons (Fsp3) is 0.750. The molecule has 1 N–H and O–H groups in total. The fourth-order valence-electron chi connectivity index (χ4n) is 1.01. The maximum Gasteiger partial charge on any atom is 0.229 e. The van der Waals surface area contributed by atoms with E-state index in [1.807, 2.05) is 6.92 Å². The van der Waals surface area contributed by atoms with E-state index in [-0.39, 0.29) is 23.9 Å². The van der Waals surface area contributed by atoms with Crippen molar-refractivity contribution in [1.29, 1.82) is 0 Å². The van der Waals surface area contributed by atoms with E-state index in [0.717, 1.165) is 6.26 Å². The Bertz CT molecular complexity index is 412. The van der Waals surface area contributed by atoms with Gasteiger partial charge in [0.1, 0.15) is 5.75 Å². The van der Waals surface area contributed by atoms with E-state index < -0.39 is 15.9 Å². The first kappa shape index (κ1) is 12.1. The lowest BCUT2D eigenvalue weighted by atomic mass is 10.2. The highest BCUT2D eigenvalue weighted by molar-refractivity contribution is 7.89. The zero-order valence-corrected chi connectivity index (χ0v) is 9.49. The lowest BCUT2D eigenvalue weighted by Gasteiger charge is -2.01. The van der Waals surface area contributed by atoms with Gasteiger partial charge in [0.05, 0.1) is 12.5 Å². The molecular formula is C8H14N2O4S. The van der Waals surface area contributed by atoms with Crippen LogP contribution < -0.4 is 0 Å². The highest BCUT2D eigenvalue weighted by Crippen LogP contribution is 2.05. The van der Waals surface area contributed by atoms with E-state index in [2.05, 4.69) is 10.1 Å². The van der Waals surface area contributed by atoms with Crippen LogP contribution in [0.25, 0.3) is 0 Å². The topological polar surface area (TPSA) is 93.3 Å². The molecule has 0 bridgehead atoms. The van der Waals surface area contributed by atoms with Crippen molar-refractivity contribution in [2.24, 2.45) is 0 Å². The van der Waals surface area contributed by atoms with Crippen LogP contribution in [0.15, 0.2) is 4.52 Å². The molecule has 0 fully saturated rings. The van der Waals surface area contributed by atoms with Crippen molar-refractivity contribution < 1.29 is 18.0 Å². The summed E-state index contributed by atoms with van der Waals surface area (Å²) < 4.78 is 26.6. The number of aliphatic hydroxyl groups is 1. The summed E-state index contributed by atoms with van der Waals surface area (Å²) >= 11 is 0. The van der Waals surface area contributed by atoms with Crippen LogP contribution >= 0.6 is 0 Å². The third-order valence-corrected chi connectivity index (χ3v) is 2.57. The number of aromatic nitrogens is 2. The van der Waals surface area contributed by atoms with Crippen LogP contribution in [-0.2, 0) is 22.0 Å². The van der Waals surface area contributed by atoms with E-state index >= 15 is 0 Å². The standard InChI is InChI=1S/C8H14N2O4S/c1-3-6(11)4-8-9-7(10-14-8)5-15(2,12)13/h6,11H,3-5H2,1-2H3. The highest BCUT2D eigenvalue weighted by atomic mass is 32.2. The molecule has 1 aromatic heterocycles. The molecule has 1 heterocycles. The van der Waals surface area contributed by atoms with Crippen LogP contribution in [0, 0.1) is 0 Å². The first-order chi connectivity index (χ1) is 6.90. The average molecular weight is 234 g/mol. The maximum absolute atomic E-state index is 10.9. The normalized spacial score (nSPS) is 14.1. The zero-order chi connectivity index (χ0) is 11.5. The summed E-state index contributed by atoms with van der Waals surface area (Å²) in [6.45, 7) is 1.83. The second kappa shape index (κ2) is 4.71. The minimum Gasteiger partial charge on any atom is -0.393 e. The van der Waals surface area contributed by atoms with E-state index in [4.69, 9.17) is 4.52 Å². The molecule has 0 saturated carbocycles. The molecule has 0 amide bonds. The van der Waals surface area contributed by atoms with Gasteiger partial charge in [0.15, 0.2) is 15.7 Å². The Kier molecular flexibility index (Phi) is 3.81. The molecule has 1 atom stereocenters. The Labute approximate surface area is 88.2 Å². The SMILES string of the molecule is CCC(O)Cc1nc(CS(C)(=O)=O)no1. The molecule has 1 rings (SSSR count). The zero-order valence-electron chi connectivity index (χ0n) is 8.67. The van der Waals surface area contributed by atoms with E-state index in [9.17, 15) is 13.5 Å². The number of rotatable bonds is 5. The predicted molar refractivity (Wildman–Crippen MR) is 52.8 cm³/mol. The van der Waals surface area contributed by atoms with Crippen molar-refractivity contribution in [3.63, 3.8) is 0 Å². The molecule has 0 aliphatic carbocycles. The van der Waals surface area contributed by atoms with E-state index in [1.165, 1.54) is 0 Å². The first-order valence-corrected chi connectivity index (χ1v) is 6.64. The average Bonchev–Trinajstić information content (AvgIpc) is 2.49. The lowest BCUT2D eigenvalue weighted by Crippen LogP contribution is -2.09. The summed E-state index contributed by atoms with van der Waals surface area (Å²) in [5.74, 6) is 0.164. The Balaban J connectivity index is 2.64. The fourth-order valence-corrected chi connectivity index (χ4v) is 1.60. The summed E-state index contributed by atoms with van der Waals surface area (Å²) in [5.41, 5.74) is 0.